The van der Waals surface area contributed by atoms with Crippen LogP contribution < -0.4 is 10.2 Å². The van der Waals surface area contributed by atoms with E-state index in [2.05, 4.69) is 10.2 Å². The predicted molar refractivity (Wildman–Crippen MR) is 126 cm³/mol. The van der Waals surface area contributed by atoms with E-state index in [0.29, 0.717) is 18.8 Å². The second-order valence-electron chi connectivity index (χ2n) is 9.16. The van der Waals surface area contributed by atoms with E-state index in [1.807, 2.05) is 19.1 Å². The molecule has 0 bridgehead atoms. The number of amides is 2. The third-order valence-electron chi connectivity index (χ3n) is 6.52. The number of aryl methyl sites for hydroxylation is 2. The number of hydrogen-bond donors (Lipinski definition) is 1. The number of aromatic nitrogens is 1. The van der Waals surface area contributed by atoms with Crippen molar-refractivity contribution in [3.63, 3.8) is 0 Å². The summed E-state index contributed by atoms with van der Waals surface area (Å²) in [6, 6.07) is 6.27. The Hall–Kier alpha value is -2.88. The Kier molecular flexibility index (Phi) is 7.49. The third-order valence-corrected chi connectivity index (χ3v) is 6.52. The molecule has 2 fully saturated rings. The number of halogens is 4. The summed E-state index contributed by atoms with van der Waals surface area (Å²) in [5.41, 5.74) is 3.21. The first kappa shape index (κ1) is 25.2. The summed E-state index contributed by atoms with van der Waals surface area (Å²) in [4.78, 5) is 20.9. The van der Waals surface area contributed by atoms with Gasteiger partial charge in [-0.3, -0.25) is 0 Å². The van der Waals surface area contributed by atoms with Crippen LogP contribution in [0.5, 0.6) is 0 Å². The molecule has 0 aliphatic carbocycles. The van der Waals surface area contributed by atoms with Gasteiger partial charge in [0.1, 0.15) is 11.6 Å². The maximum absolute atomic E-state index is 14.8. The SMILES string of the molecule is CCc1cc(-c2cc(NC(=O)N3CC[C@@H](CC(F)(F)F)C3)c(F)cc2C)cc(N2CCOCC2)n1. The van der Waals surface area contributed by atoms with Crippen LogP contribution in [0.15, 0.2) is 24.3 Å². The van der Waals surface area contributed by atoms with Crippen LogP contribution in [0.2, 0.25) is 0 Å². The van der Waals surface area contributed by atoms with E-state index in [9.17, 15) is 22.4 Å². The number of benzene rings is 1. The molecule has 1 aromatic heterocycles. The molecule has 2 aromatic rings. The molecule has 2 aliphatic rings. The average Bonchev–Trinajstić information content (AvgIpc) is 3.28. The standard InChI is InChI=1S/C25H30F4N4O2/c1-3-19-11-18(12-23(30-19)32-6-8-35-9-7-32)20-13-22(21(26)10-16(20)2)31-24(34)33-5-4-17(15-33)14-25(27,28)29/h10-13,17H,3-9,14-15H2,1-2H3,(H,31,34)/t17-/m0/s1. The summed E-state index contributed by atoms with van der Waals surface area (Å²) in [5, 5.41) is 2.57. The van der Waals surface area contributed by atoms with Crippen molar-refractivity contribution in [3.05, 3.63) is 41.3 Å². The number of carbonyl (C=O) groups is 1. The van der Waals surface area contributed by atoms with Gasteiger partial charge in [-0.1, -0.05) is 6.92 Å². The summed E-state index contributed by atoms with van der Waals surface area (Å²) >= 11 is 0. The van der Waals surface area contributed by atoms with Gasteiger partial charge >= 0.3 is 12.2 Å². The molecule has 1 aromatic carbocycles. The van der Waals surface area contributed by atoms with Crippen molar-refractivity contribution >= 4 is 17.5 Å². The average molecular weight is 495 g/mol. The fourth-order valence-corrected chi connectivity index (χ4v) is 4.65. The van der Waals surface area contributed by atoms with Gasteiger partial charge in [-0.05, 0) is 66.6 Å². The lowest BCUT2D eigenvalue weighted by atomic mass is 9.99. The molecule has 1 atom stereocenters. The zero-order valence-electron chi connectivity index (χ0n) is 19.9. The van der Waals surface area contributed by atoms with Gasteiger partial charge in [-0.25, -0.2) is 14.2 Å². The zero-order chi connectivity index (χ0) is 25.2. The number of morpholine rings is 1. The highest BCUT2D eigenvalue weighted by Gasteiger charge is 2.36. The van der Waals surface area contributed by atoms with Crippen LogP contribution in [0.1, 0.15) is 31.0 Å². The van der Waals surface area contributed by atoms with Crippen LogP contribution in [0.3, 0.4) is 0 Å². The number of anilines is 2. The Labute approximate surface area is 202 Å². The second kappa shape index (κ2) is 10.4. The van der Waals surface area contributed by atoms with E-state index in [-0.39, 0.29) is 25.2 Å². The number of rotatable bonds is 5. The fourth-order valence-electron chi connectivity index (χ4n) is 4.65. The molecule has 0 spiro atoms. The van der Waals surface area contributed by atoms with Gasteiger partial charge in [0, 0.05) is 38.3 Å². The maximum atomic E-state index is 14.8. The van der Waals surface area contributed by atoms with Gasteiger partial charge in [-0.15, -0.1) is 0 Å². The lowest BCUT2D eigenvalue weighted by Crippen LogP contribution is -2.36. The fraction of sp³-hybridized carbons (Fsp3) is 0.520. The number of likely N-dealkylation sites (tertiary alicyclic amines) is 1. The lowest BCUT2D eigenvalue weighted by Gasteiger charge is -2.28. The summed E-state index contributed by atoms with van der Waals surface area (Å²) in [5.74, 6) is -0.407. The molecule has 6 nitrogen and oxygen atoms in total. The highest BCUT2D eigenvalue weighted by atomic mass is 19.4. The minimum absolute atomic E-state index is 0.00119. The summed E-state index contributed by atoms with van der Waals surface area (Å²) in [6.45, 7) is 6.73. The number of nitrogens with one attached hydrogen (secondary N) is 1. The number of alkyl halides is 3. The third kappa shape index (κ3) is 6.22. The summed E-state index contributed by atoms with van der Waals surface area (Å²) in [7, 11) is 0. The van der Waals surface area contributed by atoms with E-state index >= 15 is 0 Å². The summed E-state index contributed by atoms with van der Waals surface area (Å²) in [6.07, 6.45) is -4.19. The molecule has 0 saturated carbocycles. The first-order chi connectivity index (χ1) is 16.6. The Balaban J connectivity index is 1.56. The smallest absolute Gasteiger partial charge is 0.378 e. The van der Waals surface area contributed by atoms with Gasteiger partial charge in [-0.2, -0.15) is 13.2 Å². The maximum Gasteiger partial charge on any atom is 0.389 e. The highest BCUT2D eigenvalue weighted by molar-refractivity contribution is 5.91. The number of pyridine rings is 1. The normalized spacial score (nSPS) is 18.7. The van der Waals surface area contributed by atoms with Gasteiger partial charge in [0.2, 0.25) is 0 Å². The highest BCUT2D eigenvalue weighted by Crippen LogP contribution is 2.33. The van der Waals surface area contributed by atoms with Crippen LogP contribution >= 0.6 is 0 Å². The van der Waals surface area contributed by atoms with E-state index < -0.39 is 30.4 Å². The number of carbonyl (C=O) groups excluding carboxylic acids is 1. The second-order valence-corrected chi connectivity index (χ2v) is 9.16. The number of hydrogen-bond acceptors (Lipinski definition) is 4. The molecule has 0 radical (unpaired) electrons. The topological polar surface area (TPSA) is 57.7 Å². The molecule has 0 unspecified atom stereocenters. The molecule has 10 heteroatoms. The van der Waals surface area contributed by atoms with Crippen molar-refractivity contribution in [2.75, 3.05) is 49.6 Å². The van der Waals surface area contributed by atoms with E-state index in [1.165, 1.54) is 11.0 Å². The van der Waals surface area contributed by atoms with E-state index in [0.717, 1.165) is 42.1 Å². The zero-order valence-corrected chi connectivity index (χ0v) is 19.9. The van der Waals surface area contributed by atoms with Crippen LogP contribution in [0, 0.1) is 18.7 Å². The molecule has 35 heavy (non-hydrogen) atoms. The largest absolute Gasteiger partial charge is 0.389 e. The molecule has 4 rings (SSSR count). The van der Waals surface area contributed by atoms with Gasteiger partial charge in [0.15, 0.2) is 0 Å². The number of nitrogens with zero attached hydrogens (tertiary/aromatic N) is 3. The van der Waals surface area contributed by atoms with Crippen LogP contribution in [-0.2, 0) is 11.2 Å². The number of urea groups is 1. The Morgan fingerprint density at radius 3 is 2.60 bits per heavy atom. The van der Waals surface area contributed by atoms with E-state index in [1.54, 1.807) is 13.0 Å². The van der Waals surface area contributed by atoms with Gasteiger partial charge < -0.3 is 19.9 Å². The number of ether oxygens (including phenoxy) is 1. The first-order valence-corrected chi connectivity index (χ1v) is 11.9. The van der Waals surface area contributed by atoms with Gasteiger partial charge in [0.05, 0.1) is 18.9 Å². The van der Waals surface area contributed by atoms with Gasteiger partial charge in [0.25, 0.3) is 0 Å². The lowest BCUT2D eigenvalue weighted by molar-refractivity contribution is -0.143. The van der Waals surface area contributed by atoms with Crippen molar-refractivity contribution in [2.45, 2.75) is 39.3 Å². The Morgan fingerprint density at radius 1 is 1.17 bits per heavy atom. The van der Waals surface area contributed by atoms with Crippen LogP contribution in [0.4, 0.5) is 33.9 Å². The molecule has 190 valence electrons. The molecule has 2 aliphatic heterocycles. The van der Waals surface area contributed by atoms with Crippen molar-refractivity contribution < 1.29 is 27.1 Å². The van der Waals surface area contributed by atoms with Crippen molar-refractivity contribution in [1.29, 1.82) is 0 Å². The Bertz CT molecular complexity index is 1070. The molecular weight excluding hydrogens is 464 g/mol. The molecule has 3 heterocycles. The van der Waals surface area contributed by atoms with Crippen LogP contribution in [0.25, 0.3) is 11.1 Å². The van der Waals surface area contributed by atoms with Crippen molar-refractivity contribution in [3.8, 4) is 11.1 Å². The molecule has 2 amide bonds. The summed E-state index contributed by atoms with van der Waals surface area (Å²) < 4.78 is 58.3. The quantitative estimate of drug-likeness (QED) is 0.566. The monoisotopic (exact) mass is 494 g/mol. The van der Waals surface area contributed by atoms with Crippen molar-refractivity contribution in [1.82, 2.24) is 9.88 Å². The molecule has 2 saturated heterocycles. The predicted octanol–water partition coefficient (Wildman–Crippen LogP) is 5.40. The van der Waals surface area contributed by atoms with Crippen LogP contribution in [-0.4, -0.2) is 61.5 Å². The van der Waals surface area contributed by atoms with Crippen molar-refractivity contribution in [2.24, 2.45) is 5.92 Å². The molecular formula is C25H30F4N4O2. The Morgan fingerprint density at radius 2 is 1.91 bits per heavy atom. The molecule has 1 N–H and O–H groups in total. The van der Waals surface area contributed by atoms with E-state index in [4.69, 9.17) is 9.72 Å². The minimum Gasteiger partial charge on any atom is -0.378 e. The minimum atomic E-state index is -4.27. The first-order valence-electron chi connectivity index (χ1n) is 11.9.